The van der Waals surface area contributed by atoms with Gasteiger partial charge in [0.1, 0.15) is 11.5 Å². The fraction of sp³-hybridized carbons (Fsp3) is 0.533. The highest BCUT2D eigenvalue weighted by atomic mass is 16.5. The van der Waals surface area contributed by atoms with Crippen LogP contribution >= 0.6 is 0 Å². The first kappa shape index (κ1) is 13.9. The van der Waals surface area contributed by atoms with Gasteiger partial charge < -0.3 is 14.7 Å². The molecule has 1 atom stereocenters. The third-order valence-electron chi connectivity index (χ3n) is 3.67. The van der Waals surface area contributed by atoms with Gasteiger partial charge in [0, 0.05) is 30.8 Å². The molecule has 1 unspecified atom stereocenters. The van der Waals surface area contributed by atoms with Gasteiger partial charge >= 0.3 is 0 Å². The molecule has 19 heavy (non-hydrogen) atoms. The normalized spacial score (nSPS) is 17.3. The fourth-order valence-electron chi connectivity index (χ4n) is 2.22. The minimum Gasteiger partial charge on any atom is -0.508 e. The van der Waals surface area contributed by atoms with Crippen molar-refractivity contribution in [1.29, 1.82) is 0 Å². The van der Waals surface area contributed by atoms with E-state index in [1.807, 2.05) is 19.1 Å². The van der Waals surface area contributed by atoms with E-state index in [4.69, 9.17) is 4.74 Å². The van der Waals surface area contributed by atoms with Crippen molar-refractivity contribution >= 4 is 11.5 Å². The Morgan fingerprint density at radius 3 is 2.68 bits per heavy atom. The first-order chi connectivity index (χ1) is 9.08. The van der Waals surface area contributed by atoms with Gasteiger partial charge in [0.05, 0.1) is 13.2 Å². The van der Waals surface area contributed by atoms with Gasteiger partial charge in [-0.15, -0.1) is 0 Å². The number of phenolic OH excluding ortho intramolecular Hbond substituents is 1. The minimum atomic E-state index is -0.0554. The Morgan fingerprint density at radius 2 is 2.11 bits per heavy atom. The number of phenols is 1. The van der Waals surface area contributed by atoms with Gasteiger partial charge in [-0.3, -0.25) is 4.79 Å². The zero-order valence-corrected chi connectivity index (χ0v) is 11.6. The van der Waals surface area contributed by atoms with Crippen LogP contribution in [-0.2, 0) is 16.0 Å². The van der Waals surface area contributed by atoms with E-state index in [9.17, 15) is 9.90 Å². The van der Waals surface area contributed by atoms with Crippen LogP contribution in [0.2, 0.25) is 0 Å². The first-order valence-corrected chi connectivity index (χ1v) is 6.73. The number of carbonyl (C=O) groups is 1. The van der Waals surface area contributed by atoms with Crippen LogP contribution in [0.3, 0.4) is 0 Å². The molecule has 0 radical (unpaired) electrons. The van der Waals surface area contributed by atoms with Crippen LogP contribution in [-0.4, -0.2) is 37.2 Å². The molecule has 0 saturated carbocycles. The minimum absolute atomic E-state index is 0.0554. The lowest BCUT2D eigenvalue weighted by molar-refractivity contribution is -0.120. The second-order valence-corrected chi connectivity index (χ2v) is 5.13. The van der Waals surface area contributed by atoms with Crippen molar-refractivity contribution in [3.63, 3.8) is 0 Å². The molecule has 4 nitrogen and oxygen atoms in total. The van der Waals surface area contributed by atoms with Gasteiger partial charge in [0.15, 0.2) is 0 Å². The summed E-state index contributed by atoms with van der Waals surface area (Å²) in [5.41, 5.74) is 1.85. The van der Waals surface area contributed by atoms with Gasteiger partial charge in [-0.1, -0.05) is 13.0 Å². The number of hydrogen-bond acceptors (Lipinski definition) is 4. The number of rotatable bonds is 4. The lowest BCUT2D eigenvalue weighted by atomic mass is 9.97. The lowest BCUT2D eigenvalue weighted by Crippen LogP contribution is -2.36. The second kappa shape index (κ2) is 6.06. The molecule has 2 rings (SSSR count). The maximum atomic E-state index is 11.3. The Bertz CT molecular complexity index is 453. The summed E-state index contributed by atoms with van der Waals surface area (Å²) in [5, 5.41) is 10.1. The molecule has 0 amide bonds. The average Bonchev–Trinajstić information content (AvgIpc) is 2.41. The van der Waals surface area contributed by atoms with E-state index in [0.717, 1.165) is 37.6 Å². The number of carbonyl (C=O) groups excluding carboxylic acids is 1. The van der Waals surface area contributed by atoms with E-state index in [-0.39, 0.29) is 17.5 Å². The van der Waals surface area contributed by atoms with Crippen molar-refractivity contribution in [2.24, 2.45) is 5.92 Å². The molecule has 0 spiro atoms. The zero-order valence-electron chi connectivity index (χ0n) is 11.6. The summed E-state index contributed by atoms with van der Waals surface area (Å²) in [6.07, 6.45) is 0.588. The third kappa shape index (κ3) is 3.47. The molecule has 104 valence electrons. The highest BCUT2D eigenvalue weighted by Gasteiger charge is 2.15. The van der Waals surface area contributed by atoms with E-state index in [0.29, 0.717) is 6.42 Å². The van der Waals surface area contributed by atoms with Crippen LogP contribution in [0.25, 0.3) is 0 Å². The van der Waals surface area contributed by atoms with Crippen LogP contribution in [0.15, 0.2) is 18.2 Å². The molecule has 0 aliphatic carbocycles. The Morgan fingerprint density at radius 1 is 1.42 bits per heavy atom. The number of ketones is 1. The van der Waals surface area contributed by atoms with Gasteiger partial charge in [-0.2, -0.15) is 0 Å². The molecule has 1 aromatic rings. The number of nitrogens with zero attached hydrogens (tertiary/aromatic N) is 1. The average molecular weight is 263 g/mol. The quantitative estimate of drug-likeness (QED) is 0.902. The van der Waals surface area contributed by atoms with E-state index >= 15 is 0 Å². The lowest BCUT2D eigenvalue weighted by Gasteiger charge is -2.29. The maximum absolute atomic E-state index is 11.3. The molecule has 4 heteroatoms. The van der Waals surface area contributed by atoms with Gasteiger partial charge in [0.2, 0.25) is 0 Å². The van der Waals surface area contributed by atoms with Gasteiger partial charge in [-0.05, 0) is 25.0 Å². The monoisotopic (exact) mass is 263 g/mol. The number of Topliss-reactive ketones (excluding diaryl/α,β-unsaturated/α-hetero) is 1. The fourth-order valence-corrected chi connectivity index (χ4v) is 2.22. The molecule has 1 heterocycles. The Labute approximate surface area is 114 Å². The molecule has 1 aliphatic heterocycles. The second-order valence-electron chi connectivity index (χ2n) is 5.13. The molecule has 1 fully saturated rings. The predicted molar refractivity (Wildman–Crippen MR) is 74.7 cm³/mol. The van der Waals surface area contributed by atoms with Crippen LogP contribution in [0, 0.1) is 5.92 Å². The number of aromatic hydroxyl groups is 1. The Balaban J connectivity index is 2.10. The molecule has 0 aromatic heterocycles. The molecule has 1 saturated heterocycles. The number of hydrogen-bond donors (Lipinski definition) is 1. The van der Waals surface area contributed by atoms with Crippen molar-refractivity contribution in [2.45, 2.75) is 20.3 Å². The van der Waals surface area contributed by atoms with Crippen molar-refractivity contribution in [3.05, 3.63) is 23.8 Å². The topological polar surface area (TPSA) is 49.8 Å². The molecular weight excluding hydrogens is 242 g/mol. The third-order valence-corrected chi connectivity index (χ3v) is 3.67. The maximum Gasteiger partial charge on any atom is 0.132 e. The highest BCUT2D eigenvalue weighted by Crippen LogP contribution is 2.27. The van der Waals surface area contributed by atoms with Crippen molar-refractivity contribution in [1.82, 2.24) is 0 Å². The summed E-state index contributed by atoms with van der Waals surface area (Å²) < 4.78 is 5.31. The van der Waals surface area contributed by atoms with Crippen LogP contribution in [0.4, 0.5) is 5.69 Å². The number of benzene rings is 1. The summed E-state index contributed by atoms with van der Waals surface area (Å²) in [5.74, 6) is 0.369. The zero-order chi connectivity index (χ0) is 13.8. The highest BCUT2D eigenvalue weighted by molar-refractivity contribution is 5.78. The van der Waals surface area contributed by atoms with Crippen LogP contribution in [0.1, 0.15) is 19.4 Å². The standard InChI is InChI=1S/C15H21NO3/c1-11(12(2)17)9-13-3-4-14(10-15(13)18)16-5-7-19-8-6-16/h3-4,10-11,18H,5-9H2,1-2H3. The van der Waals surface area contributed by atoms with Gasteiger partial charge in [-0.25, -0.2) is 0 Å². The smallest absolute Gasteiger partial charge is 0.132 e. The van der Waals surface area contributed by atoms with Crippen LogP contribution < -0.4 is 4.90 Å². The first-order valence-electron chi connectivity index (χ1n) is 6.73. The molecular formula is C15H21NO3. The van der Waals surface area contributed by atoms with Crippen molar-refractivity contribution in [3.8, 4) is 5.75 Å². The largest absolute Gasteiger partial charge is 0.508 e. The summed E-state index contributed by atoms with van der Waals surface area (Å²) in [6, 6.07) is 5.71. The van der Waals surface area contributed by atoms with Gasteiger partial charge in [0.25, 0.3) is 0 Å². The number of morpholine rings is 1. The molecule has 1 aromatic carbocycles. The van der Waals surface area contributed by atoms with Crippen LogP contribution in [0.5, 0.6) is 5.75 Å². The van der Waals surface area contributed by atoms with E-state index in [2.05, 4.69) is 4.90 Å². The molecule has 0 bridgehead atoms. The summed E-state index contributed by atoms with van der Waals surface area (Å²) in [7, 11) is 0. The molecule has 1 aliphatic rings. The summed E-state index contributed by atoms with van der Waals surface area (Å²) in [4.78, 5) is 13.5. The number of ether oxygens (including phenoxy) is 1. The number of anilines is 1. The van der Waals surface area contributed by atoms with Crippen molar-refractivity contribution < 1.29 is 14.6 Å². The summed E-state index contributed by atoms with van der Waals surface area (Å²) >= 11 is 0. The SMILES string of the molecule is CC(=O)C(C)Cc1ccc(N2CCOCC2)cc1O. The Hall–Kier alpha value is -1.55. The Kier molecular flexibility index (Phi) is 4.43. The van der Waals surface area contributed by atoms with E-state index < -0.39 is 0 Å². The molecule has 1 N–H and O–H groups in total. The van der Waals surface area contributed by atoms with Crippen molar-refractivity contribution in [2.75, 3.05) is 31.2 Å². The summed E-state index contributed by atoms with van der Waals surface area (Å²) in [6.45, 7) is 6.63. The van der Waals surface area contributed by atoms with E-state index in [1.165, 1.54) is 0 Å². The predicted octanol–water partition coefficient (Wildman–Crippen LogP) is 2.00. The van der Waals surface area contributed by atoms with E-state index in [1.54, 1.807) is 13.0 Å².